The number of hydrogen-bond donors (Lipinski definition) is 2. The first-order valence-electron chi connectivity index (χ1n) is 6.85. The Balaban J connectivity index is 2.24. The monoisotopic (exact) mass is 365 g/mol. The van der Waals surface area contributed by atoms with Gasteiger partial charge in [-0.2, -0.15) is 0 Å². The van der Waals surface area contributed by atoms with Crippen LogP contribution < -0.4 is 10.1 Å². The lowest BCUT2D eigenvalue weighted by molar-refractivity contribution is -0.166. The SMILES string of the molecule is COC(Oc1ccccc1C=CC(C)=C1SC(=S)NC1=O)C(=O)O. The highest BCUT2D eigenvalue weighted by Gasteiger charge is 2.23. The zero-order valence-corrected chi connectivity index (χ0v) is 14.6. The molecule has 0 radical (unpaired) electrons. The van der Waals surface area contributed by atoms with Crippen molar-refractivity contribution in [3.63, 3.8) is 0 Å². The van der Waals surface area contributed by atoms with Crippen LogP contribution in [0.25, 0.3) is 6.08 Å². The number of para-hydroxylation sites is 1. The third-order valence-electron chi connectivity index (χ3n) is 3.06. The van der Waals surface area contributed by atoms with E-state index < -0.39 is 12.3 Å². The summed E-state index contributed by atoms with van der Waals surface area (Å²) in [4.78, 5) is 23.3. The minimum Gasteiger partial charge on any atom is -0.477 e. The zero-order chi connectivity index (χ0) is 17.7. The van der Waals surface area contributed by atoms with Gasteiger partial charge in [0.1, 0.15) is 10.1 Å². The third kappa shape index (κ3) is 4.44. The van der Waals surface area contributed by atoms with Crippen LogP contribution in [-0.4, -0.2) is 34.7 Å². The molecule has 0 aromatic heterocycles. The Hall–Kier alpha value is -2.16. The van der Waals surface area contributed by atoms with Crippen molar-refractivity contribution in [2.45, 2.75) is 13.2 Å². The van der Waals surface area contributed by atoms with Crippen molar-refractivity contribution in [1.29, 1.82) is 0 Å². The third-order valence-corrected chi connectivity index (χ3v) is 4.41. The van der Waals surface area contributed by atoms with E-state index in [0.717, 1.165) is 5.57 Å². The molecule has 1 atom stereocenters. The maximum atomic E-state index is 11.7. The van der Waals surface area contributed by atoms with Gasteiger partial charge in [0, 0.05) is 12.7 Å². The first-order chi connectivity index (χ1) is 11.4. The smallest absolute Gasteiger partial charge is 0.373 e. The molecule has 0 bridgehead atoms. The average Bonchev–Trinajstić information content (AvgIpc) is 2.89. The number of ether oxygens (including phenoxy) is 2. The van der Waals surface area contributed by atoms with Gasteiger partial charge in [-0.15, -0.1) is 0 Å². The Morgan fingerprint density at radius 2 is 2.12 bits per heavy atom. The van der Waals surface area contributed by atoms with Gasteiger partial charge in [-0.25, -0.2) is 4.79 Å². The highest BCUT2D eigenvalue weighted by molar-refractivity contribution is 8.26. The highest BCUT2D eigenvalue weighted by Crippen LogP contribution is 2.28. The molecule has 1 saturated heterocycles. The van der Waals surface area contributed by atoms with Gasteiger partial charge in [0.15, 0.2) is 0 Å². The standard InChI is InChI=1S/C16H15NO5S2/c1-9(12-13(18)17-16(23)24-12)7-8-10-5-3-4-6-11(10)22-15(21-2)14(19)20/h3-8,15H,1-2H3,(H,19,20)(H,17,18,23). The van der Waals surface area contributed by atoms with Crippen molar-refractivity contribution in [2.24, 2.45) is 0 Å². The van der Waals surface area contributed by atoms with Crippen molar-refractivity contribution in [3.8, 4) is 5.75 Å². The summed E-state index contributed by atoms with van der Waals surface area (Å²) in [6.45, 7) is 1.80. The molecule has 2 N–H and O–H groups in total. The molecule has 1 aliphatic rings. The number of hydrogen-bond acceptors (Lipinski definition) is 6. The summed E-state index contributed by atoms with van der Waals surface area (Å²) in [7, 11) is 1.25. The molecule has 1 aliphatic heterocycles. The predicted octanol–water partition coefficient (Wildman–Crippen LogP) is 2.56. The molecule has 1 fully saturated rings. The zero-order valence-electron chi connectivity index (χ0n) is 12.9. The van der Waals surface area contributed by atoms with Crippen LogP contribution in [0, 0.1) is 0 Å². The molecule has 1 aromatic rings. The van der Waals surface area contributed by atoms with E-state index in [1.54, 1.807) is 43.3 Å². The molecule has 0 spiro atoms. The van der Waals surface area contributed by atoms with Crippen LogP contribution in [-0.2, 0) is 14.3 Å². The summed E-state index contributed by atoms with van der Waals surface area (Å²) >= 11 is 6.17. The summed E-state index contributed by atoms with van der Waals surface area (Å²) < 4.78 is 10.6. The quantitative estimate of drug-likeness (QED) is 0.455. The van der Waals surface area contributed by atoms with E-state index in [1.807, 2.05) is 0 Å². The summed E-state index contributed by atoms with van der Waals surface area (Å²) in [6.07, 6.45) is 2.09. The molecule has 0 saturated carbocycles. The molecule has 8 heteroatoms. The fourth-order valence-electron chi connectivity index (χ4n) is 1.90. The lowest BCUT2D eigenvalue weighted by Gasteiger charge is -2.14. The Kier molecular flexibility index (Phi) is 6.13. The largest absolute Gasteiger partial charge is 0.477 e. The van der Waals surface area contributed by atoms with Crippen molar-refractivity contribution in [2.75, 3.05) is 7.11 Å². The van der Waals surface area contributed by atoms with Crippen LogP contribution in [0.1, 0.15) is 12.5 Å². The molecule has 1 heterocycles. The maximum absolute atomic E-state index is 11.7. The number of carbonyl (C=O) groups is 2. The summed E-state index contributed by atoms with van der Waals surface area (Å²) in [5.74, 6) is -1.08. The van der Waals surface area contributed by atoms with Gasteiger partial charge in [-0.1, -0.05) is 54.3 Å². The molecule has 1 amide bonds. The molecule has 126 valence electrons. The van der Waals surface area contributed by atoms with Gasteiger partial charge < -0.3 is 19.9 Å². The van der Waals surface area contributed by atoms with Crippen LogP contribution in [0.2, 0.25) is 0 Å². The van der Waals surface area contributed by atoms with E-state index in [4.69, 9.17) is 26.8 Å². The Labute approximate surface area is 148 Å². The van der Waals surface area contributed by atoms with E-state index in [0.29, 0.717) is 20.5 Å². The number of amides is 1. The molecular formula is C16H15NO5S2. The lowest BCUT2D eigenvalue weighted by atomic mass is 10.1. The van der Waals surface area contributed by atoms with Gasteiger partial charge in [0.25, 0.3) is 12.2 Å². The van der Waals surface area contributed by atoms with Gasteiger partial charge in [0.05, 0.1) is 4.91 Å². The number of aliphatic carboxylic acids is 1. The van der Waals surface area contributed by atoms with E-state index in [9.17, 15) is 9.59 Å². The average molecular weight is 365 g/mol. The molecule has 2 rings (SSSR count). The normalized spacial score (nSPS) is 17.8. The number of allylic oxidation sites excluding steroid dienone is 2. The van der Waals surface area contributed by atoms with E-state index in [-0.39, 0.29) is 5.91 Å². The fourth-order valence-corrected chi connectivity index (χ4v) is 2.95. The van der Waals surface area contributed by atoms with Crippen molar-refractivity contribution in [3.05, 3.63) is 46.4 Å². The minimum absolute atomic E-state index is 0.220. The first-order valence-corrected chi connectivity index (χ1v) is 8.08. The Bertz CT molecular complexity index is 742. The van der Waals surface area contributed by atoms with Crippen LogP contribution in [0.5, 0.6) is 5.75 Å². The fraction of sp³-hybridized carbons (Fsp3) is 0.188. The second-order valence-electron chi connectivity index (χ2n) is 4.75. The van der Waals surface area contributed by atoms with Crippen LogP contribution in [0.4, 0.5) is 0 Å². The Morgan fingerprint density at radius 1 is 1.42 bits per heavy atom. The number of carbonyl (C=O) groups excluding carboxylic acids is 1. The van der Waals surface area contributed by atoms with Crippen molar-refractivity contribution < 1.29 is 24.2 Å². The van der Waals surface area contributed by atoms with E-state index in [2.05, 4.69) is 5.32 Å². The number of thiocarbonyl (C=S) groups is 1. The molecular weight excluding hydrogens is 350 g/mol. The molecule has 0 aliphatic carbocycles. The number of rotatable bonds is 6. The number of thioether (sulfide) groups is 1. The molecule has 1 aromatic carbocycles. The van der Waals surface area contributed by atoms with E-state index >= 15 is 0 Å². The van der Waals surface area contributed by atoms with Crippen LogP contribution in [0.15, 0.2) is 40.8 Å². The summed E-state index contributed by atoms with van der Waals surface area (Å²) in [5.41, 5.74) is 1.40. The molecule has 24 heavy (non-hydrogen) atoms. The number of methoxy groups -OCH3 is 1. The van der Waals surface area contributed by atoms with Gasteiger partial charge in [0.2, 0.25) is 0 Å². The first kappa shape index (κ1) is 18.2. The second kappa shape index (κ2) is 8.09. The van der Waals surface area contributed by atoms with Crippen LogP contribution >= 0.6 is 24.0 Å². The Morgan fingerprint density at radius 3 is 2.71 bits per heavy atom. The van der Waals surface area contributed by atoms with Crippen molar-refractivity contribution >= 4 is 46.3 Å². The minimum atomic E-state index is -1.40. The number of nitrogens with one attached hydrogen (secondary N) is 1. The van der Waals surface area contributed by atoms with Crippen LogP contribution in [0.3, 0.4) is 0 Å². The number of carboxylic acid groups (broad SMARTS) is 1. The van der Waals surface area contributed by atoms with E-state index in [1.165, 1.54) is 18.9 Å². The summed E-state index contributed by atoms with van der Waals surface area (Å²) in [6, 6.07) is 6.93. The highest BCUT2D eigenvalue weighted by atomic mass is 32.2. The maximum Gasteiger partial charge on any atom is 0.373 e. The van der Waals surface area contributed by atoms with Gasteiger partial charge in [-0.05, 0) is 18.6 Å². The topological polar surface area (TPSA) is 84.9 Å². The number of carboxylic acids is 1. The van der Waals surface area contributed by atoms with Gasteiger partial charge >= 0.3 is 5.97 Å². The number of benzene rings is 1. The molecule has 6 nitrogen and oxygen atoms in total. The lowest BCUT2D eigenvalue weighted by Crippen LogP contribution is -2.28. The summed E-state index contributed by atoms with van der Waals surface area (Å²) in [5, 5.41) is 11.6. The second-order valence-corrected chi connectivity index (χ2v) is 6.44. The predicted molar refractivity (Wildman–Crippen MR) is 95.6 cm³/mol. The van der Waals surface area contributed by atoms with Crippen molar-refractivity contribution in [1.82, 2.24) is 5.32 Å². The molecule has 1 unspecified atom stereocenters. The van der Waals surface area contributed by atoms with Gasteiger partial charge in [-0.3, -0.25) is 4.79 Å².